The molecule has 1 aliphatic rings. The van der Waals surface area contributed by atoms with Crippen molar-refractivity contribution in [3.8, 4) is 5.75 Å². The lowest BCUT2D eigenvalue weighted by atomic mass is 9.94. The number of ether oxygens (including phenoxy) is 3. The highest BCUT2D eigenvalue weighted by atomic mass is 16.7. The van der Waals surface area contributed by atoms with Crippen molar-refractivity contribution in [3.63, 3.8) is 0 Å². The normalized spacial score (nSPS) is 16.5. The second kappa shape index (κ2) is 16.8. The first-order valence-corrected chi connectivity index (χ1v) is 13.7. The topological polar surface area (TPSA) is 148 Å². The first-order chi connectivity index (χ1) is 20.3. The average molecular weight is 580 g/mol. The summed E-state index contributed by atoms with van der Waals surface area (Å²) in [5.74, 6) is -0.930. The summed E-state index contributed by atoms with van der Waals surface area (Å²) < 4.78 is 17.5. The smallest absolute Gasteiger partial charge is 0.328 e. The van der Waals surface area contributed by atoms with E-state index in [1.807, 2.05) is 18.2 Å². The van der Waals surface area contributed by atoms with Gasteiger partial charge in [0.25, 0.3) is 0 Å². The third-order valence-corrected chi connectivity index (χ3v) is 6.56. The number of carboxylic acids is 2. The van der Waals surface area contributed by atoms with Crippen LogP contribution in [0, 0.1) is 0 Å². The predicted molar refractivity (Wildman–Crippen MR) is 158 cm³/mol. The summed E-state index contributed by atoms with van der Waals surface area (Å²) in [6, 6.07) is 18.0. The lowest BCUT2D eigenvalue weighted by molar-refractivity contribution is -0.190. The average Bonchev–Trinajstić information content (AvgIpc) is 3.00. The predicted octanol–water partition coefficient (Wildman–Crippen LogP) is 4.15. The van der Waals surface area contributed by atoms with E-state index in [0.717, 1.165) is 37.1 Å². The third kappa shape index (κ3) is 10.6. The van der Waals surface area contributed by atoms with Crippen molar-refractivity contribution in [3.05, 3.63) is 78.5 Å². The monoisotopic (exact) mass is 579 g/mol. The highest BCUT2D eigenvalue weighted by Gasteiger charge is 2.25. The molecule has 3 aromatic rings. The Kier molecular flexibility index (Phi) is 12.9. The molecule has 4 rings (SSSR count). The quantitative estimate of drug-likeness (QED) is 0.267. The number of hydrogen-bond acceptors (Lipinski definition) is 8. The minimum absolute atomic E-state index is 0.0544. The van der Waals surface area contributed by atoms with Crippen molar-refractivity contribution in [2.75, 3.05) is 45.3 Å². The van der Waals surface area contributed by atoms with E-state index in [1.165, 1.54) is 10.9 Å². The molecule has 0 bridgehead atoms. The molecular weight excluding hydrogens is 542 g/mol. The second-order valence-corrected chi connectivity index (χ2v) is 9.51. The van der Waals surface area contributed by atoms with Crippen LogP contribution in [0.25, 0.3) is 10.8 Å². The third-order valence-electron chi connectivity index (χ3n) is 6.56. The van der Waals surface area contributed by atoms with Gasteiger partial charge in [-0.2, -0.15) is 0 Å². The van der Waals surface area contributed by atoms with Crippen LogP contribution in [0.15, 0.2) is 72.9 Å². The summed E-state index contributed by atoms with van der Waals surface area (Å²) in [5.41, 5.74) is 1.25. The maximum atomic E-state index is 12.3. The van der Waals surface area contributed by atoms with Gasteiger partial charge >= 0.3 is 11.9 Å². The largest absolute Gasteiger partial charge is 0.497 e. The number of pyridine rings is 1. The summed E-state index contributed by atoms with van der Waals surface area (Å²) >= 11 is 0. The molecule has 42 heavy (non-hydrogen) atoms. The van der Waals surface area contributed by atoms with Gasteiger partial charge in [0.2, 0.25) is 5.91 Å². The Morgan fingerprint density at radius 3 is 2.40 bits per heavy atom. The SMILES string of the molecule is CCN(CCCC1OCC(c2cccc3cc(OC)ccc23)CO1)CC(=O)Nc1ccccn1.O=C(O)C=CC(=O)O. The summed E-state index contributed by atoms with van der Waals surface area (Å²) in [6.07, 6.45) is 4.28. The molecule has 0 spiro atoms. The zero-order valence-electron chi connectivity index (χ0n) is 23.8. The molecule has 224 valence electrons. The Morgan fingerprint density at radius 1 is 1.05 bits per heavy atom. The number of carbonyl (C=O) groups excluding carboxylic acids is 1. The van der Waals surface area contributed by atoms with E-state index < -0.39 is 11.9 Å². The van der Waals surface area contributed by atoms with Crippen molar-refractivity contribution in [1.82, 2.24) is 9.88 Å². The number of carbonyl (C=O) groups is 3. The number of aromatic nitrogens is 1. The maximum absolute atomic E-state index is 12.3. The molecule has 2 heterocycles. The van der Waals surface area contributed by atoms with Crippen molar-refractivity contribution < 1.29 is 38.8 Å². The van der Waals surface area contributed by atoms with Crippen LogP contribution in [0.4, 0.5) is 5.82 Å². The summed E-state index contributed by atoms with van der Waals surface area (Å²) in [4.78, 5) is 37.7. The molecule has 0 aliphatic carbocycles. The lowest BCUT2D eigenvalue weighted by Crippen LogP contribution is -2.35. The number of aliphatic carboxylic acids is 2. The summed E-state index contributed by atoms with van der Waals surface area (Å²) in [7, 11) is 1.69. The van der Waals surface area contributed by atoms with E-state index >= 15 is 0 Å². The molecule has 1 aliphatic heterocycles. The molecule has 1 amide bonds. The van der Waals surface area contributed by atoms with Gasteiger partial charge in [-0.05, 0) is 66.5 Å². The number of fused-ring (bicyclic) bond motifs is 1. The number of hydrogen-bond donors (Lipinski definition) is 3. The van der Waals surface area contributed by atoms with Crippen LogP contribution in [-0.2, 0) is 23.9 Å². The Balaban J connectivity index is 0.000000531. The van der Waals surface area contributed by atoms with Gasteiger partial charge in [-0.15, -0.1) is 0 Å². The molecular formula is C31H37N3O8. The van der Waals surface area contributed by atoms with Crippen LogP contribution in [0.5, 0.6) is 5.75 Å². The molecule has 3 N–H and O–H groups in total. The zero-order chi connectivity index (χ0) is 30.3. The van der Waals surface area contributed by atoms with Gasteiger partial charge in [-0.1, -0.05) is 37.3 Å². The van der Waals surface area contributed by atoms with Crippen LogP contribution >= 0.6 is 0 Å². The molecule has 2 aromatic carbocycles. The van der Waals surface area contributed by atoms with E-state index in [4.69, 9.17) is 24.4 Å². The van der Waals surface area contributed by atoms with Crippen LogP contribution < -0.4 is 10.1 Å². The van der Waals surface area contributed by atoms with E-state index in [9.17, 15) is 14.4 Å². The van der Waals surface area contributed by atoms with E-state index in [1.54, 1.807) is 19.4 Å². The van der Waals surface area contributed by atoms with Gasteiger partial charge < -0.3 is 29.7 Å². The van der Waals surface area contributed by atoms with Gasteiger partial charge in [-0.25, -0.2) is 14.6 Å². The molecule has 0 atom stereocenters. The Labute approximate surface area is 244 Å². The van der Waals surface area contributed by atoms with Gasteiger partial charge in [0.15, 0.2) is 6.29 Å². The Bertz CT molecular complexity index is 1320. The summed E-state index contributed by atoms with van der Waals surface area (Å²) in [5, 5.41) is 20.8. The zero-order valence-corrected chi connectivity index (χ0v) is 23.8. The molecule has 0 unspecified atom stereocenters. The standard InChI is InChI=1S/C27H33N3O4.C4H4O4/c1-3-30(17-26(31)29-25-10-4-5-14-28-25)15-7-11-27-33-18-21(19-34-27)23-9-6-8-20-16-22(32-2)12-13-24(20)23;5-3(6)1-2-4(7)8/h4-6,8-10,12-14,16,21,27H,3,7,11,15,17-19H2,1-2H3,(H,28,29,31);1-2H,(H,5,6)(H,7,8). The van der Waals surface area contributed by atoms with Crippen LogP contribution in [0.2, 0.25) is 0 Å². The maximum Gasteiger partial charge on any atom is 0.328 e. The number of carboxylic acid groups (broad SMARTS) is 2. The fraction of sp³-hybridized carbons (Fsp3) is 0.355. The van der Waals surface area contributed by atoms with Gasteiger partial charge in [0, 0.05) is 24.3 Å². The van der Waals surface area contributed by atoms with Gasteiger partial charge in [-0.3, -0.25) is 9.69 Å². The number of benzene rings is 2. The minimum Gasteiger partial charge on any atom is -0.497 e. The molecule has 11 nitrogen and oxygen atoms in total. The van der Waals surface area contributed by atoms with Crippen molar-refractivity contribution in [1.29, 1.82) is 0 Å². The Morgan fingerprint density at radius 2 is 1.79 bits per heavy atom. The number of nitrogens with zero attached hydrogens (tertiary/aromatic N) is 2. The number of amides is 1. The van der Waals surface area contributed by atoms with Crippen LogP contribution in [-0.4, -0.2) is 84.2 Å². The fourth-order valence-corrected chi connectivity index (χ4v) is 4.45. The van der Waals surface area contributed by atoms with Crippen LogP contribution in [0.1, 0.15) is 31.2 Å². The second-order valence-electron chi connectivity index (χ2n) is 9.51. The van der Waals surface area contributed by atoms with E-state index in [2.05, 4.69) is 52.5 Å². The molecule has 1 fully saturated rings. The number of methoxy groups -OCH3 is 1. The number of nitrogens with one attached hydrogen (secondary N) is 1. The number of anilines is 1. The molecule has 1 aromatic heterocycles. The van der Waals surface area contributed by atoms with Crippen molar-refractivity contribution in [2.24, 2.45) is 0 Å². The van der Waals surface area contributed by atoms with E-state index in [0.29, 0.717) is 37.7 Å². The lowest BCUT2D eigenvalue weighted by Gasteiger charge is -2.31. The first-order valence-electron chi connectivity index (χ1n) is 13.7. The van der Waals surface area contributed by atoms with E-state index in [-0.39, 0.29) is 18.1 Å². The summed E-state index contributed by atoms with van der Waals surface area (Å²) in [6.45, 7) is 5.29. The van der Waals surface area contributed by atoms with Gasteiger partial charge in [0.1, 0.15) is 11.6 Å². The molecule has 0 radical (unpaired) electrons. The molecule has 1 saturated heterocycles. The number of likely N-dealkylation sites (N-methyl/N-ethyl adjacent to an activating group) is 1. The molecule has 11 heteroatoms. The first kappa shape index (κ1) is 32.2. The van der Waals surface area contributed by atoms with Crippen molar-refractivity contribution in [2.45, 2.75) is 32.0 Å². The molecule has 0 saturated carbocycles. The highest BCUT2D eigenvalue weighted by molar-refractivity contribution is 5.91. The Hall–Kier alpha value is -4.32. The fourth-order valence-electron chi connectivity index (χ4n) is 4.45. The van der Waals surface area contributed by atoms with Crippen LogP contribution in [0.3, 0.4) is 0 Å². The minimum atomic E-state index is -1.26. The number of rotatable bonds is 12. The highest BCUT2D eigenvalue weighted by Crippen LogP contribution is 2.31. The van der Waals surface area contributed by atoms with Crippen molar-refractivity contribution >= 4 is 34.4 Å². The van der Waals surface area contributed by atoms with Gasteiger partial charge in [0.05, 0.1) is 26.9 Å².